The van der Waals surface area contributed by atoms with Gasteiger partial charge in [-0.25, -0.2) is 4.79 Å². The molecule has 1 unspecified atom stereocenters. The summed E-state index contributed by atoms with van der Waals surface area (Å²) in [4.78, 5) is 22.8. The van der Waals surface area contributed by atoms with Crippen molar-refractivity contribution in [3.63, 3.8) is 0 Å². The third-order valence-electron chi connectivity index (χ3n) is 1.61. The van der Waals surface area contributed by atoms with Crippen molar-refractivity contribution in [2.24, 2.45) is 0 Å². The fraction of sp³-hybridized carbons (Fsp3) is 0.714. The van der Waals surface area contributed by atoms with E-state index in [1.807, 2.05) is 0 Å². The molecule has 1 amide bonds. The maximum Gasteiger partial charge on any atom is 0.396 e. The lowest BCUT2D eigenvalue weighted by molar-refractivity contribution is -0.158. The van der Waals surface area contributed by atoms with Crippen molar-refractivity contribution in [1.29, 1.82) is 0 Å². The van der Waals surface area contributed by atoms with Crippen LogP contribution in [0.4, 0.5) is 0 Å². The van der Waals surface area contributed by atoms with Crippen LogP contribution in [-0.4, -0.2) is 48.7 Å². The SMILES string of the molecule is COC(=O)C(=O)N(C)C(C)CO. The number of carbonyl (C=O) groups is 2. The third-order valence-corrected chi connectivity index (χ3v) is 1.61. The van der Waals surface area contributed by atoms with Crippen molar-refractivity contribution in [2.45, 2.75) is 13.0 Å². The molecule has 0 heterocycles. The Kier molecular flexibility index (Phi) is 4.28. The summed E-state index contributed by atoms with van der Waals surface area (Å²) in [6.07, 6.45) is 0. The second-order valence-electron chi connectivity index (χ2n) is 2.44. The largest absolute Gasteiger partial charge is 0.462 e. The molecule has 0 spiro atoms. The number of methoxy groups -OCH3 is 1. The van der Waals surface area contributed by atoms with Crippen LogP contribution in [0.3, 0.4) is 0 Å². The van der Waals surface area contributed by atoms with Crippen LogP contribution in [-0.2, 0) is 14.3 Å². The van der Waals surface area contributed by atoms with E-state index >= 15 is 0 Å². The molecule has 0 fully saturated rings. The van der Waals surface area contributed by atoms with E-state index in [4.69, 9.17) is 5.11 Å². The van der Waals surface area contributed by atoms with Gasteiger partial charge in [0.05, 0.1) is 19.8 Å². The summed E-state index contributed by atoms with van der Waals surface area (Å²) < 4.78 is 4.22. The second-order valence-corrected chi connectivity index (χ2v) is 2.44. The maximum atomic E-state index is 11.0. The topological polar surface area (TPSA) is 66.8 Å². The molecule has 0 radical (unpaired) electrons. The first-order valence-electron chi connectivity index (χ1n) is 3.50. The molecule has 0 rings (SSSR count). The van der Waals surface area contributed by atoms with Gasteiger partial charge in [0.25, 0.3) is 0 Å². The molecule has 1 N–H and O–H groups in total. The first kappa shape index (κ1) is 10.9. The Morgan fingerprint density at radius 3 is 2.42 bits per heavy atom. The molecule has 0 aliphatic carbocycles. The van der Waals surface area contributed by atoms with Crippen molar-refractivity contribution >= 4 is 11.9 Å². The molecule has 0 bridgehead atoms. The standard InChI is InChI=1S/C7H13NO4/c1-5(4-9)8(2)6(10)7(11)12-3/h5,9H,4H2,1-3H3. The van der Waals surface area contributed by atoms with Crippen LogP contribution < -0.4 is 0 Å². The monoisotopic (exact) mass is 175 g/mol. The molecule has 5 heteroatoms. The smallest absolute Gasteiger partial charge is 0.396 e. The number of aliphatic hydroxyl groups is 1. The minimum absolute atomic E-state index is 0.181. The van der Waals surface area contributed by atoms with E-state index in [1.165, 1.54) is 7.05 Å². The average Bonchev–Trinajstić information content (AvgIpc) is 2.12. The van der Waals surface area contributed by atoms with Crippen LogP contribution in [0.5, 0.6) is 0 Å². The van der Waals surface area contributed by atoms with Gasteiger partial charge in [0, 0.05) is 7.05 Å². The summed E-state index contributed by atoms with van der Waals surface area (Å²) in [6, 6.07) is -0.378. The number of nitrogens with zero attached hydrogens (tertiary/aromatic N) is 1. The van der Waals surface area contributed by atoms with Gasteiger partial charge in [0.2, 0.25) is 0 Å². The summed E-state index contributed by atoms with van der Waals surface area (Å²) in [5, 5.41) is 8.66. The molecule has 0 aromatic heterocycles. The van der Waals surface area contributed by atoms with Crippen LogP contribution in [0.2, 0.25) is 0 Å². The molecule has 0 aromatic carbocycles. The fourth-order valence-electron chi connectivity index (χ4n) is 0.554. The summed E-state index contributed by atoms with van der Waals surface area (Å²) in [6.45, 7) is 1.44. The highest BCUT2D eigenvalue weighted by atomic mass is 16.5. The number of hydrogen-bond acceptors (Lipinski definition) is 4. The van der Waals surface area contributed by atoms with Gasteiger partial charge >= 0.3 is 11.9 Å². The van der Waals surface area contributed by atoms with Gasteiger partial charge in [-0.3, -0.25) is 4.79 Å². The number of carbonyl (C=O) groups excluding carboxylic acids is 2. The van der Waals surface area contributed by atoms with Gasteiger partial charge in [0.1, 0.15) is 0 Å². The minimum atomic E-state index is -0.919. The van der Waals surface area contributed by atoms with Gasteiger partial charge < -0.3 is 14.7 Å². The van der Waals surface area contributed by atoms with E-state index in [1.54, 1.807) is 6.92 Å². The maximum absolute atomic E-state index is 11.0. The molecule has 0 saturated carbocycles. The van der Waals surface area contributed by atoms with Crippen molar-refractivity contribution < 1.29 is 19.4 Å². The third kappa shape index (κ3) is 2.50. The summed E-state index contributed by atoms with van der Waals surface area (Å²) in [5.74, 6) is -1.67. The van der Waals surface area contributed by atoms with E-state index in [0.717, 1.165) is 12.0 Å². The molecule has 70 valence electrons. The number of aliphatic hydroxyl groups excluding tert-OH is 1. The fourth-order valence-corrected chi connectivity index (χ4v) is 0.554. The van der Waals surface area contributed by atoms with Gasteiger partial charge in [-0.05, 0) is 6.92 Å². The normalized spacial score (nSPS) is 12.0. The molecule has 0 aromatic rings. The second kappa shape index (κ2) is 4.71. The number of likely N-dealkylation sites (N-methyl/N-ethyl adjacent to an activating group) is 1. The Morgan fingerprint density at radius 2 is 2.08 bits per heavy atom. The van der Waals surface area contributed by atoms with Gasteiger partial charge in [-0.2, -0.15) is 0 Å². The highest BCUT2D eigenvalue weighted by Gasteiger charge is 2.22. The first-order valence-corrected chi connectivity index (χ1v) is 3.50. The van der Waals surface area contributed by atoms with Gasteiger partial charge in [0.15, 0.2) is 0 Å². The predicted molar refractivity (Wildman–Crippen MR) is 41.3 cm³/mol. The van der Waals surface area contributed by atoms with E-state index in [-0.39, 0.29) is 12.6 Å². The Morgan fingerprint density at radius 1 is 1.58 bits per heavy atom. The Balaban J connectivity index is 4.19. The van der Waals surface area contributed by atoms with Crippen molar-refractivity contribution in [3.8, 4) is 0 Å². The molecule has 0 aliphatic heterocycles. The molecule has 0 saturated heterocycles. The predicted octanol–water partition coefficient (Wildman–Crippen LogP) is -1.00. The van der Waals surface area contributed by atoms with Gasteiger partial charge in [-0.1, -0.05) is 0 Å². The van der Waals surface area contributed by atoms with E-state index in [0.29, 0.717) is 0 Å². The van der Waals surface area contributed by atoms with Crippen LogP contribution in [0.1, 0.15) is 6.92 Å². The van der Waals surface area contributed by atoms with Crippen LogP contribution in [0, 0.1) is 0 Å². The van der Waals surface area contributed by atoms with E-state index in [9.17, 15) is 9.59 Å². The lowest BCUT2D eigenvalue weighted by Crippen LogP contribution is -2.41. The number of amides is 1. The van der Waals surface area contributed by atoms with E-state index in [2.05, 4.69) is 4.74 Å². The van der Waals surface area contributed by atoms with Crippen LogP contribution in [0.25, 0.3) is 0 Å². The first-order chi connectivity index (χ1) is 5.54. The quantitative estimate of drug-likeness (QED) is 0.431. The zero-order valence-corrected chi connectivity index (χ0v) is 7.40. The highest BCUT2D eigenvalue weighted by Crippen LogP contribution is 1.95. The zero-order valence-electron chi connectivity index (χ0n) is 7.40. The molecular formula is C7H13NO4. The van der Waals surface area contributed by atoms with Crippen LogP contribution >= 0.6 is 0 Å². The average molecular weight is 175 g/mol. The lowest BCUT2D eigenvalue weighted by atomic mass is 10.3. The number of ether oxygens (including phenoxy) is 1. The summed E-state index contributed by atoms with van der Waals surface area (Å²) >= 11 is 0. The zero-order chi connectivity index (χ0) is 9.72. The van der Waals surface area contributed by atoms with Crippen molar-refractivity contribution in [1.82, 2.24) is 4.90 Å². The van der Waals surface area contributed by atoms with Crippen LogP contribution in [0.15, 0.2) is 0 Å². The summed E-state index contributed by atoms with van der Waals surface area (Å²) in [7, 11) is 2.57. The van der Waals surface area contributed by atoms with Gasteiger partial charge in [-0.15, -0.1) is 0 Å². The molecule has 0 aliphatic rings. The Bertz CT molecular complexity index is 180. The minimum Gasteiger partial charge on any atom is -0.462 e. The lowest BCUT2D eigenvalue weighted by Gasteiger charge is -2.21. The Hall–Kier alpha value is -1.10. The molecular weight excluding hydrogens is 162 g/mol. The number of esters is 1. The molecule has 1 atom stereocenters. The van der Waals surface area contributed by atoms with Crippen molar-refractivity contribution in [2.75, 3.05) is 20.8 Å². The molecule has 5 nitrogen and oxygen atoms in total. The molecule has 12 heavy (non-hydrogen) atoms. The van der Waals surface area contributed by atoms with Crippen molar-refractivity contribution in [3.05, 3.63) is 0 Å². The highest BCUT2D eigenvalue weighted by molar-refractivity contribution is 6.32. The summed E-state index contributed by atoms with van der Waals surface area (Å²) in [5.41, 5.74) is 0. The number of rotatable bonds is 2. The Labute approximate surface area is 70.9 Å². The number of hydrogen-bond donors (Lipinski definition) is 1. The van der Waals surface area contributed by atoms with E-state index < -0.39 is 11.9 Å².